The molecule has 120 valence electrons. The molecule has 2 aromatic carbocycles. The largest absolute Gasteiger partial charge is 0.496 e. The first-order valence-electron chi connectivity index (χ1n) is 6.71. The van der Waals surface area contributed by atoms with E-state index in [-0.39, 0.29) is 27.4 Å². The van der Waals surface area contributed by atoms with Crippen molar-refractivity contribution in [2.75, 3.05) is 7.11 Å². The molecule has 0 saturated carbocycles. The van der Waals surface area contributed by atoms with E-state index in [2.05, 4.69) is 0 Å². The third-order valence-corrected chi connectivity index (χ3v) is 3.55. The van der Waals surface area contributed by atoms with E-state index in [1.807, 2.05) is 0 Å². The Hall–Kier alpha value is -3.17. The van der Waals surface area contributed by atoms with Crippen LogP contribution in [0.3, 0.4) is 0 Å². The van der Waals surface area contributed by atoms with Gasteiger partial charge in [0.15, 0.2) is 0 Å². The number of ketones is 1. The molecular weight excluding hydrogens is 332 g/mol. The van der Waals surface area contributed by atoms with Gasteiger partial charge in [0.25, 0.3) is 5.69 Å². The molecule has 0 aliphatic carbocycles. The number of allylic oxidation sites excluding steroid dienone is 1. The van der Waals surface area contributed by atoms with Crippen LogP contribution in [0.25, 0.3) is 6.08 Å². The predicted molar refractivity (Wildman–Crippen MR) is 89.0 cm³/mol. The predicted octanol–water partition coefficient (Wildman–Crippen LogP) is 4.05. The van der Waals surface area contributed by atoms with Gasteiger partial charge in [0.1, 0.15) is 17.4 Å². The van der Waals surface area contributed by atoms with Gasteiger partial charge in [0, 0.05) is 22.7 Å². The summed E-state index contributed by atoms with van der Waals surface area (Å²) in [4.78, 5) is 22.8. The molecule has 0 aliphatic rings. The second kappa shape index (κ2) is 7.40. The van der Waals surface area contributed by atoms with Gasteiger partial charge >= 0.3 is 0 Å². The van der Waals surface area contributed by atoms with Crippen LogP contribution in [0, 0.1) is 21.4 Å². The number of non-ortho nitro benzene ring substituents is 1. The minimum Gasteiger partial charge on any atom is -0.496 e. The first-order chi connectivity index (χ1) is 11.5. The number of halogens is 1. The number of benzene rings is 2. The highest BCUT2D eigenvalue weighted by atomic mass is 35.5. The number of Topliss-reactive ketones (excluding diaryl/α,β-unsaturated/α-hetero) is 1. The van der Waals surface area contributed by atoms with E-state index < -0.39 is 10.7 Å². The number of ether oxygens (including phenoxy) is 1. The third-order valence-electron chi connectivity index (χ3n) is 3.21. The van der Waals surface area contributed by atoms with Crippen LogP contribution in [0.2, 0.25) is 5.02 Å². The normalized spacial score (nSPS) is 10.8. The first kappa shape index (κ1) is 17.2. The maximum atomic E-state index is 12.5. The standard InChI is InChI=1S/C17H11ClN2O4/c1-24-16-5-3-2-4-14(16)17(21)12(10-19)8-11-9-13(20(22)23)6-7-15(11)18/h2-9H,1H3/b12-8+. The number of hydrogen-bond acceptors (Lipinski definition) is 5. The Labute approximate surface area is 142 Å². The van der Waals surface area contributed by atoms with Gasteiger partial charge < -0.3 is 4.74 Å². The fourth-order valence-electron chi connectivity index (χ4n) is 2.04. The van der Waals surface area contributed by atoms with Gasteiger partial charge in [-0.3, -0.25) is 14.9 Å². The minimum atomic E-state index is -0.582. The zero-order valence-corrected chi connectivity index (χ0v) is 13.3. The van der Waals surface area contributed by atoms with Crippen LogP contribution in [-0.4, -0.2) is 17.8 Å². The van der Waals surface area contributed by atoms with Gasteiger partial charge in [-0.05, 0) is 24.3 Å². The van der Waals surface area contributed by atoms with E-state index in [0.717, 1.165) is 0 Å². The highest BCUT2D eigenvalue weighted by molar-refractivity contribution is 6.32. The average molecular weight is 343 g/mol. The first-order valence-corrected chi connectivity index (χ1v) is 7.09. The van der Waals surface area contributed by atoms with Crippen molar-refractivity contribution < 1.29 is 14.5 Å². The fraction of sp³-hybridized carbons (Fsp3) is 0.0588. The lowest BCUT2D eigenvalue weighted by Gasteiger charge is -2.06. The number of carbonyl (C=O) groups excluding carboxylic acids is 1. The molecule has 24 heavy (non-hydrogen) atoms. The van der Waals surface area contributed by atoms with Crippen molar-refractivity contribution in [1.82, 2.24) is 0 Å². The Morgan fingerprint density at radius 2 is 2.04 bits per heavy atom. The van der Waals surface area contributed by atoms with Crippen molar-refractivity contribution in [3.05, 3.63) is 74.3 Å². The summed E-state index contributed by atoms with van der Waals surface area (Å²) >= 11 is 6.00. The molecule has 2 aromatic rings. The van der Waals surface area contributed by atoms with Crippen LogP contribution in [0.1, 0.15) is 15.9 Å². The average Bonchev–Trinajstić information content (AvgIpc) is 2.60. The lowest BCUT2D eigenvalue weighted by molar-refractivity contribution is -0.384. The van der Waals surface area contributed by atoms with Crippen LogP contribution < -0.4 is 4.74 Å². The molecule has 0 radical (unpaired) electrons. The highest BCUT2D eigenvalue weighted by Crippen LogP contribution is 2.26. The monoisotopic (exact) mass is 342 g/mol. The molecule has 6 nitrogen and oxygen atoms in total. The zero-order chi connectivity index (χ0) is 17.7. The van der Waals surface area contributed by atoms with E-state index in [9.17, 15) is 20.2 Å². The molecule has 0 amide bonds. The topological polar surface area (TPSA) is 93.2 Å². The fourth-order valence-corrected chi connectivity index (χ4v) is 2.21. The van der Waals surface area contributed by atoms with Crippen LogP contribution in [0.4, 0.5) is 5.69 Å². The van der Waals surface area contributed by atoms with Gasteiger partial charge in [-0.1, -0.05) is 23.7 Å². The summed E-state index contributed by atoms with van der Waals surface area (Å²) in [6, 6.07) is 12.1. The van der Waals surface area contributed by atoms with Crippen LogP contribution in [-0.2, 0) is 0 Å². The summed E-state index contributed by atoms with van der Waals surface area (Å²) in [7, 11) is 1.42. The zero-order valence-electron chi connectivity index (χ0n) is 12.5. The number of nitro groups is 1. The Morgan fingerprint density at radius 1 is 1.33 bits per heavy atom. The molecule has 7 heteroatoms. The van der Waals surface area contributed by atoms with Crippen molar-refractivity contribution in [3.8, 4) is 11.8 Å². The Balaban J connectivity index is 2.50. The molecule has 0 spiro atoms. The molecule has 0 fully saturated rings. The lowest BCUT2D eigenvalue weighted by atomic mass is 10.0. The third kappa shape index (κ3) is 3.59. The molecule has 0 heterocycles. The van der Waals surface area contributed by atoms with E-state index in [0.29, 0.717) is 5.75 Å². The molecule has 2 rings (SSSR count). The van der Waals surface area contributed by atoms with E-state index in [1.54, 1.807) is 24.3 Å². The van der Waals surface area contributed by atoms with Crippen molar-refractivity contribution in [1.29, 1.82) is 5.26 Å². The number of methoxy groups -OCH3 is 1. The van der Waals surface area contributed by atoms with Gasteiger partial charge in [0.05, 0.1) is 17.6 Å². The summed E-state index contributed by atoms with van der Waals surface area (Å²) in [5.74, 6) is -0.230. The second-order valence-corrected chi connectivity index (χ2v) is 5.07. The maximum absolute atomic E-state index is 12.5. The lowest BCUT2D eigenvalue weighted by Crippen LogP contribution is -2.04. The van der Waals surface area contributed by atoms with Crippen molar-refractivity contribution in [2.45, 2.75) is 0 Å². The summed E-state index contributed by atoms with van der Waals surface area (Å²) in [6.45, 7) is 0. The summed E-state index contributed by atoms with van der Waals surface area (Å²) < 4.78 is 5.11. The number of para-hydroxylation sites is 1. The van der Waals surface area contributed by atoms with Crippen molar-refractivity contribution >= 4 is 29.1 Å². The van der Waals surface area contributed by atoms with Crippen molar-refractivity contribution in [3.63, 3.8) is 0 Å². The van der Waals surface area contributed by atoms with Gasteiger partial charge in [-0.25, -0.2) is 0 Å². The number of hydrogen-bond donors (Lipinski definition) is 0. The second-order valence-electron chi connectivity index (χ2n) is 4.66. The minimum absolute atomic E-state index is 0.187. The molecule has 0 N–H and O–H groups in total. The quantitative estimate of drug-likeness (QED) is 0.269. The van der Waals surface area contributed by atoms with Crippen LogP contribution >= 0.6 is 11.6 Å². The van der Waals surface area contributed by atoms with E-state index in [1.165, 1.54) is 37.5 Å². The molecule has 0 aromatic heterocycles. The van der Waals surface area contributed by atoms with Gasteiger partial charge in [-0.2, -0.15) is 5.26 Å². The Bertz CT molecular complexity index is 884. The van der Waals surface area contributed by atoms with Crippen LogP contribution in [0.5, 0.6) is 5.75 Å². The molecule has 0 aliphatic heterocycles. The molecule has 0 saturated heterocycles. The van der Waals surface area contributed by atoms with E-state index in [4.69, 9.17) is 16.3 Å². The Kier molecular flexibility index (Phi) is 5.30. The summed E-state index contributed by atoms with van der Waals surface area (Å²) in [5.41, 5.74) is 0.0367. The molecule has 0 atom stereocenters. The number of nitriles is 1. The Morgan fingerprint density at radius 3 is 2.67 bits per heavy atom. The smallest absolute Gasteiger partial charge is 0.270 e. The molecule has 0 bridgehead atoms. The summed E-state index contributed by atoms with van der Waals surface area (Å²) in [6.07, 6.45) is 1.23. The molecule has 0 unspecified atom stereocenters. The van der Waals surface area contributed by atoms with Crippen molar-refractivity contribution in [2.24, 2.45) is 0 Å². The number of rotatable bonds is 5. The van der Waals surface area contributed by atoms with E-state index >= 15 is 0 Å². The highest BCUT2D eigenvalue weighted by Gasteiger charge is 2.17. The van der Waals surface area contributed by atoms with Gasteiger partial charge in [0.2, 0.25) is 5.78 Å². The van der Waals surface area contributed by atoms with Crippen LogP contribution in [0.15, 0.2) is 48.0 Å². The summed E-state index contributed by atoms with van der Waals surface area (Å²) in [5, 5.41) is 20.3. The SMILES string of the molecule is COc1ccccc1C(=O)/C(C#N)=C/c1cc([N+](=O)[O-])ccc1Cl. The number of carbonyl (C=O) groups is 1. The van der Waals surface area contributed by atoms with Gasteiger partial charge in [-0.15, -0.1) is 0 Å². The molecular formula is C17H11ClN2O4. The number of nitrogens with zero attached hydrogens (tertiary/aromatic N) is 2. The maximum Gasteiger partial charge on any atom is 0.270 e. The number of nitro benzene ring substituents is 1.